The monoisotopic (exact) mass is 354 g/mol. The summed E-state index contributed by atoms with van der Waals surface area (Å²) in [6.45, 7) is 0.759. The molecule has 1 aliphatic carbocycles. The summed E-state index contributed by atoms with van der Waals surface area (Å²) < 4.78 is 10.7. The van der Waals surface area contributed by atoms with Crippen molar-refractivity contribution in [3.63, 3.8) is 0 Å². The number of amides is 1. The molecule has 2 aliphatic rings. The highest BCUT2D eigenvalue weighted by atomic mass is 16.5. The maximum absolute atomic E-state index is 13.0. The average molecular weight is 354 g/mol. The lowest BCUT2D eigenvalue weighted by Gasteiger charge is -2.24. The van der Waals surface area contributed by atoms with Crippen molar-refractivity contribution in [3.8, 4) is 5.75 Å². The SMILES string of the molecule is COc1ccc(C2CCCN2C(=O)c2cc(C3CCCCC3)no2)cc1. The van der Waals surface area contributed by atoms with E-state index < -0.39 is 0 Å². The third kappa shape index (κ3) is 3.35. The quantitative estimate of drug-likeness (QED) is 0.798. The van der Waals surface area contributed by atoms with E-state index in [0.29, 0.717) is 11.7 Å². The Hall–Kier alpha value is -2.30. The molecular formula is C21H26N2O3. The molecule has 1 saturated heterocycles. The van der Waals surface area contributed by atoms with Crippen LogP contribution in [0.5, 0.6) is 5.75 Å². The van der Waals surface area contributed by atoms with Crippen molar-refractivity contribution >= 4 is 5.91 Å². The van der Waals surface area contributed by atoms with Gasteiger partial charge in [0.15, 0.2) is 0 Å². The minimum absolute atomic E-state index is 0.0436. The van der Waals surface area contributed by atoms with E-state index in [2.05, 4.69) is 5.16 Å². The van der Waals surface area contributed by atoms with Crippen LogP contribution in [0, 0.1) is 0 Å². The number of rotatable bonds is 4. The second-order valence-corrected chi connectivity index (χ2v) is 7.38. The fourth-order valence-electron chi connectivity index (χ4n) is 4.30. The molecule has 1 saturated carbocycles. The van der Waals surface area contributed by atoms with Crippen LogP contribution in [0.4, 0.5) is 0 Å². The predicted octanol–water partition coefficient (Wildman–Crippen LogP) is 4.71. The molecule has 2 aromatic rings. The average Bonchev–Trinajstić information content (AvgIpc) is 3.38. The van der Waals surface area contributed by atoms with Gasteiger partial charge in [-0.3, -0.25) is 4.79 Å². The molecule has 0 bridgehead atoms. The molecule has 0 spiro atoms. The molecule has 5 heteroatoms. The number of ether oxygens (including phenoxy) is 1. The summed E-state index contributed by atoms with van der Waals surface area (Å²) >= 11 is 0. The fraction of sp³-hybridized carbons (Fsp3) is 0.524. The maximum atomic E-state index is 13.0. The van der Waals surface area contributed by atoms with Gasteiger partial charge in [0.25, 0.3) is 5.91 Å². The van der Waals surface area contributed by atoms with Crippen LogP contribution in [0.15, 0.2) is 34.9 Å². The highest BCUT2D eigenvalue weighted by molar-refractivity contribution is 5.92. The molecule has 26 heavy (non-hydrogen) atoms. The van der Waals surface area contributed by atoms with Gasteiger partial charge < -0.3 is 14.2 Å². The molecule has 4 rings (SSSR count). The van der Waals surface area contributed by atoms with E-state index in [1.54, 1.807) is 7.11 Å². The summed E-state index contributed by atoms with van der Waals surface area (Å²) in [7, 11) is 1.66. The van der Waals surface area contributed by atoms with Crippen LogP contribution in [-0.2, 0) is 0 Å². The zero-order valence-electron chi connectivity index (χ0n) is 15.3. The Bertz CT molecular complexity index is 747. The van der Waals surface area contributed by atoms with Crippen molar-refractivity contribution in [2.24, 2.45) is 0 Å². The molecule has 1 amide bonds. The van der Waals surface area contributed by atoms with Crippen LogP contribution in [0.2, 0.25) is 0 Å². The summed E-state index contributed by atoms with van der Waals surface area (Å²) in [5.74, 6) is 1.62. The number of carbonyl (C=O) groups is 1. The Morgan fingerprint density at radius 2 is 1.88 bits per heavy atom. The zero-order chi connectivity index (χ0) is 17.9. The number of likely N-dealkylation sites (tertiary alicyclic amines) is 1. The largest absolute Gasteiger partial charge is 0.497 e. The first-order chi connectivity index (χ1) is 12.8. The molecule has 1 atom stereocenters. The van der Waals surface area contributed by atoms with E-state index in [1.807, 2.05) is 35.2 Å². The zero-order valence-corrected chi connectivity index (χ0v) is 15.3. The van der Waals surface area contributed by atoms with Gasteiger partial charge in [-0.25, -0.2) is 0 Å². The van der Waals surface area contributed by atoms with Gasteiger partial charge in [-0.15, -0.1) is 0 Å². The second kappa shape index (κ2) is 7.52. The number of hydrogen-bond acceptors (Lipinski definition) is 4. The standard InChI is InChI=1S/C21H26N2O3/c1-25-17-11-9-16(10-12-17)19-8-5-13-23(19)21(24)20-14-18(22-26-20)15-6-3-2-4-7-15/h9-12,14-15,19H,2-8,13H2,1H3. The molecule has 0 radical (unpaired) electrons. The maximum Gasteiger partial charge on any atom is 0.292 e. The van der Waals surface area contributed by atoms with Crippen LogP contribution >= 0.6 is 0 Å². The van der Waals surface area contributed by atoms with Crippen molar-refractivity contribution in [2.45, 2.75) is 56.9 Å². The summed E-state index contributed by atoms with van der Waals surface area (Å²) in [6, 6.07) is 9.96. The number of hydrogen-bond donors (Lipinski definition) is 0. The Kier molecular flexibility index (Phi) is 4.96. The Morgan fingerprint density at radius 1 is 1.12 bits per heavy atom. The summed E-state index contributed by atoms with van der Waals surface area (Å²) in [6.07, 6.45) is 8.07. The first-order valence-corrected chi connectivity index (χ1v) is 9.68. The topological polar surface area (TPSA) is 55.6 Å². The smallest absolute Gasteiger partial charge is 0.292 e. The van der Waals surface area contributed by atoms with Gasteiger partial charge in [0.05, 0.1) is 18.8 Å². The Labute approximate surface area is 154 Å². The molecule has 138 valence electrons. The first kappa shape index (κ1) is 17.1. The third-order valence-electron chi connectivity index (χ3n) is 5.78. The summed E-state index contributed by atoms with van der Waals surface area (Å²) in [5, 5.41) is 4.21. The van der Waals surface area contributed by atoms with Crippen molar-refractivity contribution in [1.82, 2.24) is 10.1 Å². The van der Waals surface area contributed by atoms with Crippen molar-refractivity contribution in [2.75, 3.05) is 13.7 Å². The van der Waals surface area contributed by atoms with Crippen LogP contribution in [-0.4, -0.2) is 29.6 Å². The Balaban J connectivity index is 1.50. The van der Waals surface area contributed by atoms with E-state index in [0.717, 1.165) is 49.2 Å². The molecule has 5 nitrogen and oxygen atoms in total. The Morgan fingerprint density at radius 3 is 2.62 bits per heavy atom. The van der Waals surface area contributed by atoms with E-state index in [1.165, 1.54) is 19.3 Å². The van der Waals surface area contributed by atoms with Crippen molar-refractivity contribution in [1.29, 1.82) is 0 Å². The molecule has 2 heterocycles. The lowest BCUT2D eigenvalue weighted by molar-refractivity contribution is 0.0693. The third-order valence-corrected chi connectivity index (χ3v) is 5.78. The van der Waals surface area contributed by atoms with E-state index in [9.17, 15) is 4.79 Å². The van der Waals surface area contributed by atoms with Crippen LogP contribution in [0.25, 0.3) is 0 Å². The van der Waals surface area contributed by atoms with Crippen LogP contribution < -0.4 is 4.74 Å². The van der Waals surface area contributed by atoms with Gasteiger partial charge in [-0.1, -0.05) is 36.6 Å². The van der Waals surface area contributed by atoms with Crippen LogP contribution in [0.1, 0.15) is 78.7 Å². The van der Waals surface area contributed by atoms with Gasteiger partial charge in [0, 0.05) is 18.5 Å². The number of nitrogens with zero attached hydrogens (tertiary/aromatic N) is 2. The second-order valence-electron chi connectivity index (χ2n) is 7.38. The number of methoxy groups -OCH3 is 1. The summed E-state index contributed by atoms with van der Waals surface area (Å²) in [5.41, 5.74) is 2.09. The van der Waals surface area contributed by atoms with Crippen LogP contribution in [0.3, 0.4) is 0 Å². The van der Waals surface area contributed by atoms with Crippen molar-refractivity contribution in [3.05, 3.63) is 47.3 Å². The summed E-state index contributed by atoms with van der Waals surface area (Å²) in [4.78, 5) is 14.9. The molecule has 1 aliphatic heterocycles. The lowest BCUT2D eigenvalue weighted by Crippen LogP contribution is -2.30. The van der Waals surface area contributed by atoms with Gasteiger partial charge in [-0.2, -0.15) is 0 Å². The predicted molar refractivity (Wildman–Crippen MR) is 98.3 cm³/mol. The van der Waals surface area contributed by atoms with Gasteiger partial charge in [-0.05, 0) is 43.4 Å². The normalized spacial score (nSPS) is 21.1. The highest BCUT2D eigenvalue weighted by Crippen LogP contribution is 2.35. The van der Waals surface area contributed by atoms with E-state index >= 15 is 0 Å². The first-order valence-electron chi connectivity index (χ1n) is 9.68. The minimum Gasteiger partial charge on any atom is -0.497 e. The molecule has 1 aromatic carbocycles. The number of aromatic nitrogens is 1. The van der Waals surface area contributed by atoms with E-state index in [4.69, 9.17) is 9.26 Å². The molecular weight excluding hydrogens is 328 g/mol. The highest BCUT2D eigenvalue weighted by Gasteiger charge is 2.33. The fourth-order valence-corrected chi connectivity index (χ4v) is 4.30. The van der Waals surface area contributed by atoms with Crippen molar-refractivity contribution < 1.29 is 14.1 Å². The molecule has 1 unspecified atom stereocenters. The lowest BCUT2D eigenvalue weighted by atomic mass is 9.87. The van der Waals surface area contributed by atoms with Gasteiger partial charge in [0.2, 0.25) is 5.76 Å². The van der Waals surface area contributed by atoms with E-state index in [-0.39, 0.29) is 11.9 Å². The molecule has 0 N–H and O–H groups in total. The van der Waals surface area contributed by atoms with Gasteiger partial charge >= 0.3 is 0 Å². The molecule has 1 aromatic heterocycles. The number of carbonyl (C=O) groups excluding carboxylic acids is 1. The molecule has 2 fully saturated rings. The number of benzene rings is 1. The van der Waals surface area contributed by atoms with Gasteiger partial charge in [0.1, 0.15) is 5.75 Å². The minimum atomic E-state index is -0.0436.